The van der Waals surface area contributed by atoms with Crippen LogP contribution in [0.4, 0.5) is 0 Å². The van der Waals surface area contributed by atoms with Crippen molar-refractivity contribution >= 4 is 0 Å². The van der Waals surface area contributed by atoms with Gasteiger partial charge >= 0.3 is 0 Å². The zero-order valence-corrected chi connectivity index (χ0v) is 13.1. The first-order valence-electron chi connectivity index (χ1n) is 7.56. The van der Waals surface area contributed by atoms with Crippen molar-refractivity contribution in [2.75, 3.05) is 27.2 Å². The number of likely N-dealkylation sites (N-methyl/N-ethyl adjacent to an activating group) is 1. The van der Waals surface area contributed by atoms with Crippen LogP contribution in [0, 0.1) is 0 Å². The molecule has 0 aromatic rings. The summed E-state index contributed by atoms with van der Waals surface area (Å²) in [4.78, 5) is 2.29. The Morgan fingerprint density at radius 3 is 2.67 bits per heavy atom. The van der Waals surface area contributed by atoms with E-state index in [9.17, 15) is 0 Å². The van der Waals surface area contributed by atoms with Crippen LogP contribution in [0.25, 0.3) is 0 Å². The van der Waals surface area contributed by atoms with Crippen LogP contribution >= 0.6 is 0 Å². The lowest BCUT2D eigenvalue weighted by Crippen LogP contribution is -2.49. The zero-order chi connectivity index (χ0) is 13.6. The standard InChI is InChI=1S/C15H33N3/c1-13(17-12-15(2,3)18(4)5)11-14-9-7-6-8-10-16-14/h13-14,16-17H,6-12H2,1-5H3. The second-order valence-electron chi connectivity index (χ2n) is 6.72. The lowest BCUT2D eigenvalue weighted by atomic mass is 10.0. The monoisotopic (exact) mass is 255 g/mol. The van der Waals surface area contributed by atoms with Gasteiger partial charge < -0.3 is 15.5 Å². The van der Waals surface area contributed by atoms with Crippen LogP contribution in [0.5, 0.6) is 0 Å². The van der Waals surface area contributed by atoms with Crippen molar-refractivity contribution < 1.29 is 0 Å². The quantitative estimate of drug-likeness (QED) is 0.762. The van der Waals surface area contributed by atoms with E-state index in [1.54, 1.807) is 0 Å². The molecule has 108 valence electrons. The first-order valence-corrected chi connectivity index (χ1v) is 7.56. The predicted molar refractivity (Wildman–Crippen MR) is 80.1 cm³/mol. The topological polar surface area (TPSA) is 27.3 Å². The Balaban J connectivity index is 2.26. The number of hydrogen-bond donors (Lipinski definition) is 2. The molecule has 3 nitrogen and oxygen atoms in total. The molecule has 0 radical (unpaired) electrons. The molecule has 1 aliphatic heterocycles. The molecule has 18 heavy (non-hydrogen) atoms. The molecule has 0 spiro atoms. The highest BCUT2D eigenvalue weighted by atomic mass is 15.2. The average molecular weight is 255 g/mol. The van der Waals surface area contributed by atoms with Gasteiger partial charge in [0.2, 0.25) is 0 Å². The molecule has 2 unspecified atom stereocenters. The Labute approximate surface area is 114 Å². The Morgan fingerprint density at radius 2 is 2.00 bits per heavy atom. The summed E-state index contributed by atoms with van der Waals surface area (Å²) in [5, 5.41) is 7.37. The fourth-order valence-corrected chi connectivity index (χ4v) is 2.39. The summed E-state index contributed by atoms with van der Waals surface area (Å²) in [6, 6.07) is 1.32. The highest BCUT2D eigenvalue weighted by Gasteiger charge is 2.21. The molecule has 0 bridgehead atoms. The summed E-state index contributed by atoms with van der Waals surface area (Å²) < 4.78 is 0. The number of nitrogens with one attached hydrogen (secondary N) is 2. The maximum Gasteiger partial charge on any atom is 0.0271 e. The lowest BCUT2D eigenvalue weighted by Gasteiger charge is -2.34. The second-order valence-corrected chi connectivity index (χ2v) is 6.72. The van der Waals surface area contributed by atoms with Gasteiger partial charge in [-0.05, 0) is 60.7 Å². The van der Waals surface area contributed by atoms with Gasteiger partial charge in [0.25, 0.3) is 0 Å². The number of nitrogens with zero attached hydrogens (tertiary/aromatic N) is 1. The van der Waals surface area contributed by atoms with E-state index in [4.69, 9.17) is 0 Å². The van der Waals surface area contributed by atoms with E-state index in [2.05, 4.69) is 50.4 Å². The van der Waals surface area contributed by atoms with Gasteiger partial charge in [0.05, 0.1) is 0 Å². The third-order valence-electron chi connectivity index (χ3n) is 4.39. The second kappa shape index (κ2) is 7.46. The van der Waals surface area contributed by atoms with E-state index in [1.807, 2.05) is 0 Å². The van der Waals surface area contributed by atoms with Gasteiger partial charge in [-0.15, -0.1) is 0 Å². The summed E-state index contributed by atoms with van der Waals surface area (Å²) in [6.07, 6.45) is 6.76. The van der Waals surface area contributed by atoms with Crippen LogP contribution < -0.4 is 10.6 Å². The summed E-state index contributed by atoms with van der Waals surface area (Å²) >= 11 is 0. The van der Waals surface area contributed by atoms with Crippen LogP contribution in [-0.4, -0.2) is 49.7 Å². The molecule has 0 aliphatic carbocycles. The van der Waals surface area contributed by atoms with E-state index in [0.717, 1.165) is 12.6 Å². The van der Waals surface area contributed by atoms with Crippen molar-refractivity contribution in [3.8, 4) is 0 Å². The van der Waals surface area contributed by atoms with Crippen molar-refractivity contribution in [2.45, 2.75) is 70.5 Å². The van der Waals surface area contributed by atoms with Gasteiger partial charge in [0.1, 0.15) is 0 Å². The molecule has 2 atom stereocenters. The SMILES string of the molecule is CC(CC1CCCCCN1)NCC(C)(C)N(C)C. The Bertz CT molecular complexity index is 218. The fraction of sp³-hybridized carbons (Fsp3) is 1.00. The van der Waals surface area contributed by atoms with E-state index in [-0.39, 0.29) is 5.54 Å². The van der Waals surface area contributed by atoms with Gasteiger partial charge in [-0.3, -0.25) is 0 Å². The Hall–Kier alpha value is -0.120. The van der Waals surface area contributed by atoms with Crippen molar-refractivity contribution in [1.82, 2.24) is 15.5 Å². The molecule has 3 heteroatoms. The smallest absolute Gasteiger partial charge is 0.0271 e. The molecule has 0 saturated carbocycles. The van der Waals surface area contributed by atoms with Crippen molar-refractivity contribution in [3.63, 3.8) is 0 Å². The Kier molecular flexibility index (Phi) is 6.61. The molecule has 1 heterocycles. The molecule has 0 amide bonds. The first-order chi connectivity index (χ1) is 8.42. The maximum absolute atomic E-state index is 3.69. The molecule has 0 aromatic heterocycles. The van der Waals surface area contributed by atoms with Gasteiger partial charge in [0, 0.05) is 24.2 Å². The van der Waals surface area contributed by atoms with Crippen molar-refractivity contribution in [2.24, 2.45) is 0 Å². The number of rotatable bonds is 6. The highest BCUT2D eigenvalue weighted by Crippen LogP contribution is 2.13. The van der Waals surface area contributed by atoms with E-state index < -0.39 is 0 Å². The van der Waals surface area contributed by atoms with E-state index >= 15 is 0 Å². The van der Waals surface area contributed by atoms with Gasteiger partial charge in [0.15, 0.2) is 0 Å². The molecule has 1 saturated heterocycles. The van der Waals surface area contributed by atoms with Gasteiger partial charge in [-0.25, -0.2) is 0 Å². The minimum Gasteiger partial charge on any atom is -0.314 e. The van der Waals surface area contributed by atoms with E-state index in [0.29, 0.717) is 6.04 Å². The fourth-order valence-electron chi connectivity index (χ4n) is 2.39. The third kappa shape index (κ3) is 5.68. The minimum absolute atomic E-state index is 0.227. The first kappa shape index (κ1) is 15.9. The zero-order valence-electron chi connectivity index (χ0n) is 13.1. The summed E-state index contributed by atoms with van der Waals surface area (Å²) in [6.45, 7) is 9.15. The predicted octanol–water partition coefficient (Wildman–Crippen LogP) is 2.23. The van der Waals surface area contributed by atoms with Crippen molar-refractivity contribution in [1.29, 1.82) is 0 Å². The molecule has 1 fully saturated rings. The van der Waals surface area contributed by atoms with Crippen molar-refractivity contribution in [3.05, 3.63) is 0 Å². The molecular formula is C15H33N3. The molecule has 1 rings (SSSR count). The Morgan fingerprint density at radius 1 is 1.28 bits per heavy atom. The normalized spacial score (nSPS) is 24.0. The largest absolute Gasteiger partial charge is 0.314 e. The maximum atomic E-state index is 3.69. The summed E-state index contributed by atoms with van der Waals surface area (Å²) in [5.74, 6) is 0. The lowest BCUT2D eigenvalue weighted by molar-refractivity contribution is 0.183. The van der Waals surface area contributed by atoms with Crippen LogP contribution in [0.1, 0.15) is 52.9 Å². The van der Waals surface area contributed by atoms with E-state index in [1.165, 1.54) is 38.6 Å². The van der Waals surface area contributed by atoms with Crippen LogP contribution in [-0.2, 0) is 0 Å². The van der Waals surface area contributed by atoms with Crippen LogP contribution in [0.15, 0.2) is 0 Å². The molecular weight excluding hydrogens is 222 g/mol. The molecule has 0 aromatic carbocycles. The van der Waals surface area contributed by atoms with Crippen LogP contribution in [0.3, 0.4) is 0 Å². The minimum atomic E-state index is 0.227. The molecule has 2 N–H and O–H groups in total. The number of hydrogen-bond acceptors (Lipinski definition) is 3. The average Bonchev–Trinajstić information content (AvgIpc) is 2.55. The highest BCUT2D eigenvalue weighted by molar-refractivity contribution is 4.83. The van der Waals surface area contributed by atoms with Crippen LogP contribution in [0.2, 0.25) is 0 Å². The third-order valence-corrected chi connectivity index (χ3v) is 4.39. The van der Waals surface area contributed by atoms with Gasteiger partial charge in [-0.2, -0.15) is 0 Å². The summed E-state index contributed by atoms with van der Waals surface area (Å²) in [5.41, 5.74) is 0.227. The molecule has 1 aliphatic rings. The summed E-state index contributed by atoms with van der Waals surface area (Å²) in [7, 11) is 4.30. The van der Waals surface area contributed by atoms with Gasteiger partial charge in [-0.1, -0.05) is 12.8 Å².